The minimum absolute atomic E-state index is 0.0288. The number of rotatable bonds is 5. The summed E-state index contributed by atoms with van der Waals surface area (Å²) in [6.07, 6.45) is 0. The Morgan fingerprint density at radius 3 is 2.33 bits per heavy atom. The molecular formula is C20H21ClIN3O2. The van der Waals surface area contributed by atoms with Gasteiger partial charge in [0.1, 0.15) is 0 Å². The molecule has 1 heterocycles. The highest BCUT2D eigenvalue weighted by atomic mass is 127. The van der Waals surface area contributed by atoms with Crippen LogP contribution in [0.15, 0.2) is 48.5 Å². The number of benzene rings is 2. The van der Waals surface area contributed by atoms with Gasteiger partial charge in [-0.15, -0.1) is 0 Å². The van der Waals surface area contributed by atoms with Crippen LogP contribution in [0.3, 0.4) is 0 Å². The second-order valence-corrected chi connectivity index (χ2v) is 8.04. The summed E-state index contributed by atoms with van der Waals surface area (Å²) in [5.41, 5.74) is 1.81. The largest absolute Gasteiger partial charge is 0.343 e. The van der Waals surface area contributed by atoms with E-state index in [2.05, 4.69) is 32.8 Å². The van der Waals surface area contributed by atoms with E-state index in [0.29, 0.717) is 18.7 Å². The van der Waals surface area contributed by atoms with Crippen LogP contribution in [0.1, 0.15) is 15.9 Å². The van der Waals surface area contributed by atoms with Crippen molar-refractivity contribution in [3.05, 3.63) is 68.3 Å². The summed E-state index contributed by atoms with van der Waals surface area (Å²) in [7, 11) is 0. The minimum Gasteiger partial charge on any atom is -0.343 e. The molecule has 142 valence electrons. The highest BCUT2D eigenvalue weighted by molar-refractivity contribution is 14.1. The van der Waals surface area contributed by atoms with Gasteiger partial charge >= 0.3 is 0 Å². The van der Waals surface area contributed by atoms with E-state index in [4.69, 9.17) is 11.6 Å². The number of carbonyl (C=O) groups excluding carboxylic acids is 2. The molecule has 0 saturated carbocycles. The van der Waals surface area contributed by atoms with Gasteiger partial charge in [-0.3, -0.25) is 14.5 Å². The van der Waals surface area contributed by atoms with Gasteiger partial charge in [0.25, 0.3) is 5.91 Å². The number of nitrogens with one attached hydrogen (secondary N) is 1. The van der Waals surface area contributed by atoms with Crippen molar-refractivity contribution in [1.82, 2.24) is 15.1 Å². The summed E-state index contributed by atoms with van der Waals surface area (Å²) in [6.45, 7) is 3.86. The molecule has 5 nitrogen and oxygen atoms in total. The molecule has 0 radical (unpaired) electrons. The number of hydrogen-bond donors (Lipinski definition) is 1. The van der Waals surface area contributed by atoms with Crippen LogP contribution >= 0.6 is 34.2 Å². The van der Waals surface area contributed by atoms with Gasteiger partial charge in [0.2, 0.25) is 5.91 Å². The quantitative estimate of drug-likeness (QED) is 0.646. The van der Waals surface area contributed by atoms with Gasteiger partial charge in [-0.05, 0) is 52.4 Å². The number of nitrogens with zero attached hydrogens (tertiary/aromatic N) is 2. The fourth-order valence-electron chi connectivity index (χ4n) is 3.01. The van der Waals surface area contributed by atoms with Crippen LogP contribution < -0.4 is 5.32 Å². The van der Waals surface area contributed by atoms with Crippen molar-refractivity contribution in [1.29, 1.82) is 0 Å². The lowest BCUT2D eigenvalue weighted by atomic mass is 10.2. The molecule has 0 spiro atoms. The fraction of sp³-hybridized carbons (Fsp3) is 0.300. The number of carbonyl (C=O) groups is 2. The maximum atomic E-state index is 12.4. The first-order valence-electron chi connectivity index (χ1n) is 8.80. The molecule has 2 amide bonds. The fourth-order valence-corrected chi connectivity index (χ4v) is 3.77. The Labute approximate surface area is 177 Å². The maximum Gasteiger partial charge on any atom is 0.252 e. The summed E-state index contributed by atoms with van der Waals surface area (Å²) in [5, 5.41) is 3.47. The third-order valence-electron chi connectivity index (χ3n) is 4.56. The lowest BCUT2D eigenvalue weighted by Crippen LogP contribution is -2.50. The molecule has 1 N–H and O–H groups in total. The van der Waals surface area contributed by atoms with Crippen LogP contribution in [-0.2, 0) is 11.3 Å². The molecule has 1 aliphatic heterocycles. The molecule has 7 heteroatoms. The maximum absolute atomic E-state index is 12.4. The van der Waals surface area contributed by atoms with Crippen LogP contribution in [0.5, 0.6) is 0 Å². The van der Waals surface area contributed by atoms with Crippen LogP contribution in [-0.4, -0.2) is 54.3 Å². The molecule has 1 saturated heterocycles. The SMILES string of the molecule is O=C(NCC(=O)N1CCN(Cc2ccc(Cl)cc2)CC1)c1ccccc1I. The molecule has 0 bridgehead atoms. The van der Waals surface area contributed by atoms with Gasteiger partial charge in [0, 0.05) is 41.3 Å². The van der Waals surface area contributed by atoms with Crippen molar-refractivity contribution >= 4 is 46.0 Å². The Kier molecular flexibility index (Phi) is 7.09. The number of amides is 2. The van der Waals surface area contributed by atoms with Crippen molar-refractivity contribution in [2.45, 2.75) is 6.54 Å². The molecule has 0 unspecified atom stereocenters. The summed E-state index contributed by atoms with van der Waals surface area (Å²) in [4.78, 5) is 28.8. The molecule has 0 aromatic heterocycles. The van der Waals surface area contributed by atoms with E-state index in [1.165, 1.54) is 5.56 Å². The van der Waals surface area contributed by atoms with Crippen molar-refractivity contribution in [3.8, 4) is 0 Å². The van der Waals surface area contributed by atoms with Crippen LogP contribution in [0.4, 0.5) is 0 Å². The van der Waals surface area contributed by atoms with Gasteiger partial charge in [-0.2, -0.15) is 0 Å². The molecule has 2 aromatic carbocycles. The zero-order valence-electron chi connectivity index (χ0n) is 14.8. The van der Waals surface area contributed by atoms with E-state index in [0.717, 1.165) is 28.2 Å². The molecule has 0 atom stereocenters. The number of halogens is 2. The standard InChI is InChI=1S/C20H21ClIN3O2/c21-16-7-5-15(6-8-16)14-24-9-11-25(12-10-24)19(26)13-23-20(27)17-3-1-2-4-18(17)22/h1-8H,9-14H2,(H,23,27). The van der Waals surface area contributed by atoms with Crippen LogP contribution in [0.25, 0.3) is 0 Å². The van der Waals surface area contributed by atoms with Crippen molar-refractivity contribution in [2.24, 2.45) is 0 Å². The summed E-state index contributed by atoms with van der Waals surface area (Å²) < 4.78 is 0.871. The smallest absolute Gasteiger partial charge is 0.252 e. The monoisotopic (exact) mass is 497 g/mol. The Balaban J connectivity index is 1.44. The van der Waals surface area contributed by atoms with E-state index >= 15 is 0 Å². The first-order chi connectivity index (χ1) is 13.0. The van der Waals surface area contributed by atoms with Crippen molar-refractivity contribution in [2.75, 3.05) is 32.7 Å². The lowest BCUT2D eigenvalue weighted by Gasteiger charge is -2.34. The average Bonchev–Trinajstić information content (AvgIpc) is 2.68. The molecule has 1 fully saturated rings. The predicted octanol–water partition coefficient (Wildman–Crippen LogP) is 3.02. The minimum atomic E-state index is -0.213. The molecular weight excluding hydrogens is 477 g/mol. The Bertz CT molecular complexity index is 805. The zero-order valence-corrected chi connectivity index (χ0v) is 17.7. The zero-order chi connectivity index (χ0) is 19.2. The second-order valence-electron chi connectivity index (χ2n) is 6.45. The van der Waals surface area contributed by atoms with Gasteiger partial charge in [0.05, 0.1) is 12.1 Å². The third-order valence-corrected chi connectivity index (χ3v) is 5.76. The number of piperazine rings is 1. The highest BCUT2D eigenvalue weighted by Crippen LogP contribution is 2.13. The highest BCUT2D eigenvalue weighted by Gasteiger charge is 2.21. The summed E-state index contributed by atoms with van der Waals surface area (Å²) in [5.74, 6) is -0.254. The van der Waals surface area contributed by atoms with Crippen molar-refractivity contribution < 1.29 is 9.59 Å². The van der Waals surface area contributed by atoms with Crippen LogP contribution in [0, 0.1) is 3.57 Å². The lowest BCUT2D eigenvalue weighted by molar-refractivity contribution is -0.131. The molecule has 2 aromatic rings. The Morgan fingerprint density at radius 1 is 1.00 bits per heavy atom. The topological polar surface area (TPSA) is 52.7 Å². The summed E-state index contributed by atoms with van der Waals surface area (Å²) >= 11 is 8.04. The van der Waals surface area contributed by atoms with Gasteiger partial charge in [-0.1, -0.05) is 35.9 Å². The Morgan fingerprint density at radius 2 is 1.67 bits per heavy atom. The number of hydrogen-bond acceptors (Lipinski definition) is 3. The van der Waals surface area contributed by atoms with Crippen molar-refractivity contribution in [3.63, 3.8) is 0 Å². The van der Waals surface area contributed by atoms with Gasteiger partial charge in [-0.25, -0.2) is 0 Å². The third kappa shape index (κ3) is 5.67. The molecule has 1 aliphatic rings. The van der Waals surface area contributed by atoms with Gasteiger partial charge in [0.15, 0.2) is 0 Å². The molecule has 3 rings (SSSR count). The normalized spacial score (nSPS) is 14.8. The van der Waals surface area contributed by atoms with Crippen LogP contribution in [0.2, 0.25) is 5.02 Å². The van der Waals surface area contributed by atoms with E-state index in [9.17, 15) is 9.59 Å². The molecule has 0 aliphatic carbocycles. The molecule has 27 heavy (non-hydrogen) atoms. The first kappa shape index (κ1) is 20.1. The van der Waals surface area contributed by atoms with E-state index in [-0.39, 0.29) is 18.4 Å². The first-order valence-corrected chi connectivity index (χ1v) is 10.3. The predicted molar refractivity (Wildman–Crippen MR) is 115 cm³/mol. The van der Waals surface area contributed by atoms with E-state index in [1.54, 1.807) is 6.07 Å². The summed E-state index contributed by atoms with van der Waals surface area (Å²) in [6, 6.07) is 15.2. The van der Waals surface area contributed by atoms with Gasteiger partial charge < -0.3 is 10.2 Å². The van der Waals surface area contributed by atoms with E-state index < -0.39 is 0 Å². The average molecular weight is 498 g/mol. The van der Waals surface area contributed by atoms with E-state index in [1.807, 2.05) is 47.4 Å². The second kappa shape index (κ2) is 9.52. The Hall–Kier alpha value is -1.64.